The molecule has 1 rings (SSSR count). The Labute approximate surface area is 123 Å². The molecule has 4 nitrogen and oxygen atoms in total. The molecule has 1 aromatic carbocycles. The van der Waals surface area contributed by atoms with Gasteiger partial charge in [0.05, 0.1) is 0 Å². The quantitative estimate of drug-likeness (QED) is 0.346. The van der Waals surface area contributed by atoms with Crippen LogP contribution < -0.4 is 16.2 Å². The first-order valence-electron chi connectivity index (χ1n) is 5.71. The van der Waals surface area contributed by atoms with Gasteiger partial charge in [-0.15, -0.1) is 11.8 Å². The zero-order chi connectivity index (χ0) is 14.3. The van der Waals surface area contributed by atoms with Crippen molar-refractivity contribution >= 4 is 40.7 Å². The Kier molecular flexibility index (Phi) is 6.38. The van der Waals surface area contributed by atoms with Crippen molar-refractivity contribution in [3.8, 4) is 0 Å². The highest BCUT2D eigenvalue weighted by atomic mass is 32.2. The summed E-state index contributed by atoms with van der Waals surface area (Å²) < 4.78 is 0. The van der Waals surface area contributed by atoms with E-state index in [-0.39, 0.29) is 5.91 Å². The number of hydrogen-bond acceptors (Lipinski definition) is 3. The minimum Gasteiger partial charge on any atom is -0.331 e. The molecule has 0 saturated carbocycles. The number of thioether (sulfide) groups is 1. The molecule has 0 aliphatic rings. The lowest BCUT2D eigenvalue weighted by Gasteiger charge is -2.12. The van der Waals surface area contributed by atoms with Crippen LogP contribution in [-0.2, 0) is 4.79 Å². The smallest absolute Gasteiger partial charge is 0.264 e. The van der Waals surface area contributed by atoms with Crippen LogP contribution in [0.2, 0.25) is 0 Å². The van der Waals surface area contributed by atoms with E-state index < -0.39 is 0 Å². The van der Waals surface area contributed by atoms with E-state index in [2.05, 4.69) is 16.2 Å². The Morgan fingerprint density at radius 2 is 2.11 bits per heavy atom. The zero-order valence-corrected chi connectivity index (χ0v) is 12.7. The predicted octanol–water partition coefficient (Wildman–Crippen LogP) is 2.69. The maximum absolute atomic E-state index is 11.5. The molecule has 0 saturated heterocycles. The van der Waals surface area contributed by atoms with Crippen molar-refractivity contribution in [2.45, 2.75) is 18.7 Å². The summed E-state index contributed by atoms with van der Waals surface area (Å²) in [7, 11) is 0. The molecule has 0 spiro atoms. The van der Waals surface area contributed by atoms with Crippen LogP contribution in [0.5, 0.6) is 0 Å². The number of nitrogens with one attached hydrogen (secondary N) is 3. The Hall–Kier alpha value is -1.53. The van der Waals surface area contributed by atoms with Crippen LogP contribution >= 0.6 is 24.0 Å². The lowest BCUT2D eigenvalue weighted by molar-refractivity contribution is -0.118. The number of benzene rings is 1. The molecule has 0 atom stereocenters. The summed E-state index contributed by atoms with van der Waals surface area (Å²) in [6, 6.07) is 7.85. The number of carbonyl (C=O) groups is 1. The summed E-state index contributed by atoms with van der Waals surface area (Å²) >= 11 is 6.75. The third-order valence-electron chi connectivity index (χ3n) is 2.41. The van der Waals surface area contributed by atoms with E-state index >= 15 is 0 Å². The van der Waals surface area contributed by atoms with Crippen molar-refractivity contribution in [2.75, 3.05) is 11.6 Å². The second kappa shape index (κ2) is 7.81. The van der Waals surface area contributed by atoms with Gasteiger partial charge in [0.15, 0.2) is 5.11 Å². The number of rotatable bonds is 3. The van der Waals surface area contributed by atoms with Gasteiger partial charge in [0.1, 0.15) is 0 Å². The normalized spacial score (nSPS) is 10.8. The topological polar surface area (TPSA) is 53.2 Å². The Balaban J connectivity index is 2.49. The van der Waals surface area contributed by atoms with Gasteiger partial charge in [-0.3, -0.25) is 15.6 Å². The molecule has 0 heterocycles. The Bertz CT molecular complexity index is 500. The van der Waals surface area contributed by atoms with Crippen LogP contribution in [0.4, 0.5) is 5.69 Å². The number of anilines is 1. The molecule has 1 aromatic rings. The minimum atomic E-state index is -0.204. The van der Waals surface area contributed by atoms with Crippen molar-refractivity contribution in [3.63, 3.8) is 0 Å². The van der Waals surface area contributed by atoms with Crippen molar-refractivity contribution in [3.05, 3.63) is 35.9 Å². The number of carbonyl (C=O) groups excluding carboxylic acids is 1. The molecule has 0 radical (unpaired) electrons. The first-order chi connectivity index (χ1) is 9.06. The van der Waals surface area contributed by atoms with Crippen LogP contribution in [-0.4, -0.2) is 17.3 Å². The Morgan fingerprint density at radius 1 is 1.37 bits per heavy atom. The van der Waals surface area contributed by atoms with Gasteiger partial charge >= 0.3 is 0 Å². The molecule has 1 amide bonds. The van der Waals surface area contributed by atoms with Crippen molar-refractivity contribution in [1.82, 2.24) is 10.9 Å². The number of hydrazine groups is 1. The van der Waals surface area contributed by atoms with Gasteiger partial charge in [-0.2, -0.15) is 0 Å². The van der Waals surface area contributed by atoms with Crippen LogP contribution in [0, 0.1) is 0 Å². The van der Waals surface area contributed by atoms with E-state index in [1.165, 1.54) is 0 Å². The van der Waals surface area contributed by atoms with E-state index in [1.807, 2.05) is 30.5 Å². The predicted molar refractivity (Wildman–Crippen MR) is 85.2 cm³/mol. The van der Waals surface area contributed by atoms with Crippen LogP contribution in [0.3, 0.4) is 0 Å². The van der Waals surface area contributed by atoms with Crippen LogP contribution in [0.15, 0.2) is 40.8 Å². The summed E-state index contributed by atoms with van der Waals surface area (Å²) in [5.74, 6) is -0.204. The average molecular weight is 295 g/mol. The third kappa shape index (κ3) is 5.32. The lowest BCUT2D eigenvalue weighted by Crippen LogP contribution is -2.44. The molecule has 0 aliphatic carbocycles. The highest BCUT2D eigenvalue weighted by Gasteiger charge is 2.03. The van der Waals surface area contributed by atoms with Gasteiger partial charge in [-0.05, 0) is 50.5 Å². The molecule has 0 fully saturated rings. The van der Waals surface area contributed by atoms with E-state index in [0.717, 1.165) is 10.6 Å². The molecular weight excluding hydrogens is 278 g/mol. The van der Waals surface area contributed by atoms with Gasteiger partial charge < -0.3 is 5.32 Å². The molecule has 0 aliphatic heterocycles. The van der Waals surface area contributed by atoms with Crippen molar-refractivity contribution in [1.29, 1.82) is 0 Å². The first-order valence-corrected chi connectivity index (χ1v) is 7.34. The standard InChI is InChI=1S/C13H17N3OS2/c1-4-9(2)12(17)15-16-13(18)14-10-6-5-7-11(8-10)19-3/h4-8H,1-3H3,(H,15,17)(H2,14,16,18)/b9-4+. The fraction of sp³-hybridized carbons (Fsp3) is 0.231. The minimum absolute atomic E-state index is 0.204. The van der Waals surface area contributed by atoms with E-state index in [9.17, 15) is 4.79 Å². The van der Waals surface area contributed by atoms with Gasteiger partial charge in [0, 0.05) is 16.2 Å². The number of hydrogen-bond donors (Lipinski definition) is 3. The number of amides is 1. The summed E-state index contributed by atoms with van der Waals surface area (Å²) in [6.07, 6.45) is 3.74. The monoisotopic (exact) mass is 295 g/mol. The summed E-state index contributed by atoms with van der Waals surface area (Å²) in [5, 5.41) is 3.34. The molecular formula is C13H17N3OS2. The van der Waals surface area contributed by atoms with Gasteiger partial charge in [0.25, 0.3) is 5.91 Å². The zero-order valence-electron chi connectivity index (χ0n) is 11.1. The Morgan fingerprint density at radius 3 is 2.74 bits per heavy atom. The highest BCUT2D eigenvalue weighted by Crippen LogP contribution is 2.18. The first kappa shape index (κ1) is 15.5. The SMILES string of the molecule is C/C=C(\C)C(=O)NNC(=S)Nc1cccc(SC)c1. The highest BCUT2D eigenvalue weighted by molar-refractivity contribution is 7.98. The number of thiocarbonyl (C=S) groups is 1. The van der Waals surface area contributed by atoms with Gasteiger partial charge in [-0.25, -0.2) is 0 Å². The fourth-order valence-corrected chi connectivity index (χ4v) is 1.83. The maximum Gasteiger partial charge on any atom is 0.264 e. The fourth-order valence-electron chi connectivity index (χ4n) is 1.21. The van der Waals surface area contributed by atoms with Crippen molar-refractivity contribution in [2.24, 2.45) is 0 Å². The van der Waals surface area contributed by atoms with Gasteiger partial charge in [0.2, 0.25) is 0 Å². The molecule has 0 aromatic heterocycles. The summed E-state index contributed by atoms with van der Waals surface area (Å²) in [4.78, 5) is 12.6. The van der Waals surface area contributed by atoms with E-state index in [0.29, 0.717) is 10.7 Å². The second-order valence-corrected chi connectivity index (χ2v) is 5.02. The van der Waals surface area contributed by atoms with E-state index in [4.69, 9.17) is 12.2 Å². The molecule has 0 unspecified atom stereocenters. The largest absolute Gasteiger partial charge is 0.331 e. The lowest BCUT2D eigenvalue weighted by atomic mass is 10.3. The maximum atomic E-state index is 11.5. The third-order valence-corrected chi connectivity index (χ3v) is 3.34. The second-order valence-electron chi connectivity index (χ2n) is 3.74. The summed E-state index contributed by atoms with van der Waals surface area (Å²) in [6.45, 7) is 3.54. The van der Waals surface area contributed by atoms with Crippen LogP contribution in [0.25, 0.3) is 0 Å². The molecule has 6 heteroatoms. The average Bonchev–Trinajstić information content (AvgIpc) is 2.44. The van der Waals surface area contributed by atoms with Crippen molar-refractivity contribution < 1.29 is 4.79 Å². The van der Waals surface area contributed by atoms with E-state index in [1.54, 1.807) is 31.7 Å². The molecule has 102 valence electrons. The summed E-state index contributed by atoms with van der Waals surface area (Å²) in [5.41, 5.74) is 6.67. The molecule has 19 heavy (non-hydrogen) atoms. The van der Waals surface area contributed by atoms with Gasteiger partial charge in [-0.1, -0.05) is 12.1 Å². The number of allylic oxidation sites excluding steroid dienone is 1. The van der Waals surface area contributed by atoms with Crippen LogP contribution in [0.1, 0.15) is 13.8 Å². The molecule has 3 N–H and O–H groups in total. The molecule has 0 bridgehead atoms.